The number of piperazine rings is 1. The maximum absolute atomic E-state index is 11.4. The second-order valence-electron chi connectivity index (χ2n) is 5.51. The lowest BCUT2D eigenvalue weighted by atomic mass is 9.95. The van der Waals surface area contributed by atoms with Crippen molar-refractivity contribution in [2.75, 3.05) is 32.7 Å². The van der Waals surface area contributed by atoms with Gasteiger partial charge in [0.15, 0.2) is 0 Å². The summed E-state index contributed by atoms with van der Waals surface area (Å²) in [5, 5.41) is 19.3. The summed E-state index contributed by atoms with van der Waals surface area (Å²) in [6.07, 6.45) is 0. The normalized spacial score (nSPS) is 19.0. The van der Waals surface area contributed by atoms with Gasteiger partial charge in [0.1, 0.15) is 0 Å². The maximum Gasteiger partial charge on any atom is 0.394 e. The Morgan fingerprint density at radius 3 is 2.24 bits per heavy atom. The quantitative estimate of drug-likeness (QED) is 0.774. The molecule has 1 fully saturated rings. The topological polar surface area (TPSA) is 81.1 Å². The van der Waals surface area contributed by atoms with Gasteiger partial charge in [-0.3, -0.25) is 9.69 Å². The van der Waals surface area contributed by atoms with E-state index < -0.39 is 17.5 Å². The van der Waals surface area contributed by atoms with Crippen molar-refractivity contribution in [1.29, 1.82) is 0 Å². The predicted molar refractivity (Wildman–Crippen MR) is 76.7 cm³/mol. The third kappa shape index (κ3) is 3.80. The Kier molecular flexibility index (Phi) is 4.59. The van der Waals surface area contributed by atoms with Gasteiger partial charge in [-0.2, -0.15) is 0 Å². The molecule has 1 unspecified atom stereocenters. The number of aliphatic carboxylic acids is 1. The van der Waals surface area contributed by atoms with Crippen LogP contribution < -0.4 is 0 Å². The molecule has 0 aromatic heterocycles. The summed E-state index contributed by atoms with van der Waals surface area (Å²) in [6.45, 7) is 4.07. The van der Waals surface area contributed by atoms with Crippen LogP contribution in [-0.4, -0.2) is 64.6 Å². The summed E-state index contributed by atoms with van der Waals surface area (Å²) in [4.78, 5) is 25.4. The number of nitrogens with zero attached hydrogens (tertiary/aromatic N) is 2. The molecule has 0 bridgehead atoms. The van der Waals surface area contributed by atoms with Crippen LogP contribution in [0.3, 0.4) is 0 Å². The number of rotatable bonds is 3. The van der Waals surface area contributed by atoms with Gasteiger partial charge in [-0.15, -0.1) is 0 Å². The molecule has 1 saturated heterocycles. The van der Waals surface area contributed by atoms with Crippen molar-refractivity contribution in [3.05, 3.63) is 35.9 Å². The second-order valence-corrected chi connectivity index (χ2v) is 5.51. The molecule has 1 aliphatic rings. The van der Waals surface area contributed by atoms with Gasteiger partial charge in [0, 0.05) is 32.7 Å². The third-order valence-corrected chi connectivity index (χ3v) is 3.77. The molecule has 6 heteroatoms. The molecule has 1 aromatic carbocycles. The molecule has 0 spiro atoms. The number of carboxylic acids is 1. The molecule has 21 heavy (non-hydrogen) atoms. The van der Waals surface area contributed by atoms with Crippen molar-refractivity contribution in [3.63, 3.8) is 0 Å². The zero-order valence-corrected chi connectivity index (χ0v) is 12.0. The molecular formula is C15H20N2O4. The van der Waals surface area contributed by atoms with E-state index in [1.54, 1.807) is 6.92 Å². The lowest BCUT2D eigenvalue weighted by molar-refractivity contribution is -0.157. The highest BCUT2D eigenvalue weighted by Crippen LogP contribution is 2.22. The molecule has 0 saturated carbocycles. The van der Waals surface area contributed by atoms with Crippen molar-refractivity contribution in [1.82, 2.24) is 9.80 Å². The molecule has 2 rings (SSSR count). The fraction of sp³-hybridized carbons (Fsp3) is 0.467. The first-order chi connectivity index (χ1) is 9.90. The lowest BCUT2D eigenvalue weighted by Crippen LogP contribution is -2.53. The molecule has 1 atom stereocenters. The van der Waals surface area contributed by atoms with Gasteiger partial charge in [0.25, 0.3) is 0 Å². The number of carboxylic acid groups (broad SMARTS) is 1. The first-order valence-corrected chi connectivity index (χ1v) is 6.92. The molecule has 0 aliphatic carbocycles. The van der Waals surface area contributed by atoms with Crippen LogP contribution >= 0.6 is 0 Å². The minimum Gasteiger partial charge on any atom is -0.474 e. The molecule has 6 nitrogen and oxygen atoms in total. The molecule has 1 heterocycles. The van der Waals surface area contributed by atoms with Crippen molar-refractivity contribution in [2.24, 2.45) is 0 Å². The molecule has 1 aromatic rings. The minimum atomic E-state index is -1.42. The van der Waals surface area contributed by atoms with E-state index in [-0.39, 0.29) is 0 Å². The zero-order valence-electron chi connectivity index (χ0n) is 12.0. The van der Waals surface area contributed by atoms with Crippen molar-refractivity contribution in [3.8, 4) is 0 Å². The Morgan fingerprint density at radius 2 is 1.71 bits per heavy atom. The third-order valence-electron chi connectivity index (χ3n) is 3.77. The van der Waals surface area contributed by atoms with Gasteiger partial charge in [-0.1, -0.05) is 30.3 Å². The second kappa shape index (κ2) is 6.24. The van der Waals surface area contributed by atoms with E-state index in [9.17, 15) is 14.7 Å². The number of hydrogen-bond acceptors (Lipinski definition) is 4. The van der Waals surface area contributed by atoms with Crippen LogP contribution in [0.25, 0.3) is 0 Å². The van der Waals surface area contributed by atoms with Crippen LogP contribution in [0.1, 0.15) is 12.5 Å². The summed E-state index contributed by atoms with van der Waals surface area (Å²) < 4.78 is 0. The Hall–Kier alpha value is -1.92. The maximum atomic E-state index is 11.4. The molecule has 114 valence electrons. The predicted octanol–water partition coefficient (Wildman–Crippen LogP) is 0.123. The minimum absolute atomic E-state index is 0.371. The van der Waals surface area contributed by atoms with Crippen LogP contribution in [0.2, 0.25) is 0 Å². The standard InChI is InChI=1S/C15H20N2O4/c1-15(21,12-5-3-2-4-6-12)11-16-7-9-17(10-8-16)13(18)14(19)20/h2-6,21H,7-11H2,1H3,(H,19,20). The first kappa shape index (κ1) is 15.5. The Labute approximate surface area is 123 Å². The summed E-state index contributed by atoms with van der Waals surface area (Å²) in [7, 11) is 0. The van der Waals surface area contributed by atoms with Gasteiger partial charge >= 0.3 is 11.9 Å². The van der Waals surface area contributed by atoms with E-state index in [1.807, 2.05) is 35.2 Å². The molecular weight excluding hydrogens is 272 g/mol. The van der Waals surface area contributed by atoms with E-state index in [1.165, 1.54) is 4.90 Å². The van der Waals surface area contributed by atoms with Gasteiger partial charge in [0.05, 0.1) is 5.60 Å². The number of β-amino-alcohol motifs (C(OH)–C–C–N with tert-alkyl or cyclic N) is 1. The van der Waals surface area contributed by atoms with E-state index >= 15 is 0 Å². The van der Waals surface area contributed by atoms with E-state index in [2.05, 4.69) is 0 Å². The van der Waals surface area contributed by atoms with Crippen molar-refractivity contribution in [2.45, 2.75) is 12.5 Å². The highest BCUT2D eigenvalue weighted by Gasteiger charge is 2.30. The Bertz CT molecular complexity index is 508. The summed E-state index contributed by atoms with van der Waals surface area (Å²) in [5.74, 6) is -2.27. The van der Waals surface area contributed by atoms with Crippen molar-refractivity contribution >= 4 is 11.9 Å². The van der Waals surface area contributed by atoms with Crippen LogP contribution in [0.4, 0.5) is 0 Å². The Morgan fingerprint density at radius 1 is 1.14 bits per heavy atom. The first-order valence-electron chi connectivity index (χ1n) is 6.92. The average Bonchev–Trinajstić information content (AvgIpc) is 2.48. The largest absolute Gasteiger partial charge is 0.474 e. The SMILES string of the molecule is CC(O)(CN1CCN(C(=O)C(=O)O)CC1)c1ccccc1. The number of benzene rings is 1. The number of hydrogen-bond donors (Lipinski definition) is 2. The average molecular weight is 292 g/mol. The molecule has 2 N–H and O–H groups in total. The van der Waals surface area contributed by atoms with E-state index in [0.717, 1.165) is 5.56 Å². The van der Waals surface area contributed by atoms with Crippen LogP contribution in [-0.2, 0) is 15.2 Å². The molecule has 0 radical (unpaired) electrons. The number of amides is 1. The summed E-state index contributed by atoms with van der Waals surface area (Å²) in [5.41, 5.74) is -0.130. The Balaban J connectivity index is 1.91. The lowest BCUT2D eigenvalue weighted by Gasteiger charge is -2.37. The summed E-state index contributed by atoms with van der Waals surface area (Å²) in [6, 6.07) is 9.42. The van der Waals surface area contributed by atoms with Gasteiger partial charge in [0.2, 0.25) is 0 Å². The smallest absolute Gasteiger partial charge is 0.394 e. The number of carbonyl (C=O) groups is 2. The highest BCUT2D eigenvalue weighted by atomic mass is 16.4. The van der Waals surface area contributed by atoms with Crippen LogP contribution in [0, 0.1) is 0 Å². The van der Waals surface area contributed by atoms with E-state index in [0.29, 0.717) is 32.7 Å². The molecule has 1 aliphatic heterocycles. The van der Waals surface area contributed by atoms with Crippen molar-refractivity contribution < 1.29 is 19.8 Å². The van der Waals surface area contributed by atoms with Crippen LogP contribution in [0.15, 0.2) is 30.3 Å². The molecule has 1 amide bonds. The monoisotopic (exact) mass is 292 g/mol. The van der Waals surface area contributed by atoms with E-state index in [4.69, 9.17) is 5.11 Å². The van der Waals surface area contributed by atoms with Crippen LogP contribution in [0.5, 0.6) is 0 Å². The number of aliphatic hydroxyl groups is 1. The van der Waals surface area contributed by atoms with Gasteiger partial charge < -0.3 is 15.1 Å². The fourth-order valence-corrected chi connectivity index (χ4v) is 2.57. The summed E-state index contributed by atoms with van der Waals surface area (Å²) >= 11 is 0. The fourth-order valence-electron chi connectivity index (χ4n) is 2.57. The zero-order chi connectivity index (χ0) is 15.5. The number of carbonyl (C=O) groups excluding carboxylic acids is 1. The van der Waals surface area contributed by atoms with Gasteiger partial charge in [-0.05, 0) is 12.5 Å². The highest BCUT2D eigenvalue weighted by molar-refractivity contribution is 6.31. The van der Waals surface area contributed by atoms with Gasteiger partial charge in [-0.25, -0.2) is 4.79 Å².